The summed E-state index contributed by atoms with van der Waals surface area (Å²) in [6, 6.07) is -0.0449. The molecular formula is C28H52N6O8. The molecule has 0 aromatic carbocycles. The fourth-order valence-corrected chi connectivity index (χ4v) is 3.77. The maximum Gasteiger partial charge on any atom is 0.317 e. The van der Waals surface area contributed by atoms with E-state index in [2.05, 4.69) is 34.4 Å². The highest BCUT2D eigenvalue weighted by Gasteiger charge is 2.19. The van der Waals surface area contributed by atoms with Crippen LogP contribution in [0.4, 0.5) is 9.59 Å². The molecule has 3 unspecified atom stereocenters. The minimum atomic E-state index is -0.598. The first kappa shape index (κ1) is 37.5. The first-order valence-electron chi connectivity index (χ1n) is 14.5. The third-order valence-electron chi connectivity index (χ3n) is 5.96. The number of urea groups is 2. The Morgan fingerprint density at radius 1 is 0.738 bits per heavy atom. The molecule has 14 nitrogen and oxygen atoms in total. The predicted octanol–water partition coefficient (Wildman–Crippen LogP) is -1.35. The molecule has 2 heterocycles. The molecule has 2 saturated heterocycles. The van der Waals surface area contributed by atoms with Crippen LogP contribution in [0, 0.1) is 0 Å². The molecule has 14 heteroatoms. The van der Waals surface area contributed by atoms with Crippen molar-refractivity contribution in [1.82, 2.24) is 31.1 Å². The summed E-state index contributed by atoms with van der Waals surface area (Å²) >= 11 is 0. The Morgan fingerprint density at radius 3 is 1.62 bits per heavy atom. The maximum absolute atomic E-state index is 11.3. The number of carbonyl (C=O) groups excluding carboxylic acids is 2. The Labute approximate surface area is 249 Å². The SMILES string of the molecule is C=CCOCC(O)C/C=C/COCC(O)CNCCN1CCNC1=O.C=CCOCC(O)CNCCN1CCNC1=O. The summed E-state index contributed by atoms with van der Waals surface area (Å²) in [4.78, 5) is 26.0. The quantitative estimate of drug-likeness (QED) is 0.0518. The zero-order valence-corrected chi connectivity index (χ0v) is 24.8. The molecule has 0 saturated carbocycles. The smallest absolute Gasteiger partial charge is 0.317 e. The number of rotatable bonds is 24. The zero-order valence-electron chi connectivity index (χ0n) is 24.8. The Hall–Kier alpha value is -2.56. The number of nitrogens with one attached hydrogen (secondary N) is 4. The second-order valence-corrected chi connectivity index (χ2v) is 9.70. The fourth-order valence-electron chi connectivity index (χ4n) is 3.77. The van der Waals surface area contributed by atoms with Gasteiger partial charge in [0.15, 0.2) is 0 Å². The number of hydrogen-bond donors (Lipinski definition) is 7. The molecule has 3 atom stereocenters. The summed E-state index contributed by atoms with van der Waals surface area (Å²) in [5.74, 6) is 0. The topological polar surface area (TPSA) is 177 Å². The van der Waals surface area contributed by atoms with E-state index in [9.17, 15) is 24.9 Å². The van der Waals surface area contributed by atoms with Crippen molar-refractivity contribution in [2.24, 2.45) is 0 Å². The van der Waals surface area contributed by atoms with Gasteiger partial charge in [0.1, 0.15) is 0 Å². The van der Waals surface area contributed by atoms with Crippen molar-refractivity contribution in [2.45, 2.75) is 24.7 Å². The van der Waals surface area contributed by atoms with Gasteiger partial charge in [-0.3, -0.25) is 0 Å². The van der Waals surface area contributed by atoms with Crippen LogP contribution in [0.2, 0.25) is 0 Å². The van der Waals surface area contributed by atoms with Crippen LogP contribution in [-0.2, 0) is 14.2 Å². The average Bonchev–Trinajstić information content (AvgIpc) is 3.58. The third-order valence-corrected chi connectivity index (χ3v) is 5.96. The monoisotopic (exact) mass is 600 g/mol. The summed E-state index contributed by atoms with van der Waals surface area (Å²) in [7, 11) is 0. The standard InChI is InChI=1S/C17H31N3O5.C11H21N3O3/c1-2-10-24-13-15(21)5-3-4-11-25-14-16(22)12-18-6-8-20-9-7-19-17(20)23;1-2-7-17-9-10(15)8-12-3-5-14-6-4-13-11(14)16/h2-4,15-16,18,21-22H,1,5-14H2,(H,19,23);2,10,12,15H,1,3-9H2,(H,13,16)/b4-3+;. The van der Waals surface area contributed by atoms with E-state index in [0.29, 0.717) is 78.7 Å². The van der Waals surface area contributed by atoms with Gasteiger partial charge in [-0.25, -0.2) is 9.59 Å². The number of aliphatic hydroxyl groups excluding tert-OH is 3. The van der Waals surface area contributed by atoms with Gasteiger partial charge in [0, 0.05) is 65.4 Å². The van der Waals surface area contributed by atoms with E-state index < -0.39 is 18.3 Å². The van der Waals surface area contributed by atoms with Crippen LogP contribution in [0.15, 0.2) is 37.5 Å². The molecule has 2 aliphatic heterocycles. The van der Waals surface area contributed by atoms with Crippen molar-refractivity contribution in [2.75, 3.05) is 105 Å². The first-order valence-corrected chi connectivity index (χ1v) is 14.5. The lowest BCUT2D eigenvalue weighted by molar-refractivity contribution is 0.0473. The number of ether oxygens (including phenoxy) is 3. The molecule has 0 aromatic rings. The first-order chi connectivity index (χ1) is 20.4. The van der Waals surface area contributed by atoms with Crippen molar-refractivity contribution in [3.8, 4) is 0 Å². The van der Waals surface area contributed by atoms with E-state index in [-0.39, 0.29) is 25.3 Å². The van der Waals surface area contributed by atoms with Gasteiger partial charge in [-0.1, -0.05) is 24.3 Å². The lowest BCUT2D eigenvalue weighted by Gasteiger charge is -2.16. The van der Waals surface area contributed by atoms with Crippen molar-refractivity contribution in [3.05, 3.63) is 37.5 Å². The summed E-state index contributed by atoms with van der Waals surface area (Å²) in [6.07, 6.45) is 5.75. The van der Waals surface area contributed by atoms with Gasteiger partial charge in [-0.05, 0) is 6.42 Å². The molecule has 7 N–H and O–H groups in total. The molecule has 0 spiro atoms. The summed E-state index contributed by atoms with van der Waals surface area (Å²) < 4.78 is 15.6. The summed E-state index contributed by atoms with van der Waals surface area (Å²) in [5.41, 5.74) is 0. The maximum atomic E-state index is 11.3. The molecule has 242 valence electrons. The van der Waals surface area contributed by atoms with Gasteiger partial charge in [0.25, 0.3) is 0 Å². The van der Waals surface area contributed by atoms with Gasteiger partial charge < -0.3 is 60.6 Å². The van der Waals surface area contributed by atoms with Crippen molar-refractivity contribution < 1.29 is 39.1 Å². The van der Waals surface area contributed by atoms with Gasteiger partial charge in [-0.2, -0.15) is 0 Å². The van der Waals surface area contributed by atoms with Crippen molar-refractivity contribution >= 4 is 12.1 Å². The van der Waals surface area contributed by atoms with Crippen LogP contribution in [-0.4, -0.2) is 161 Å². The highest BCUT2D eigenvalue weighted by atomic mass is 16.5. The molecule has 0 bridgehead atoms. The van der Waals surface area contributed by atoms with Gasteiger partial charge in [0.2, 0.25) is 0 Å². The second-order valence-electron chi connectivity index (χ2n) is 9.70. The van der Waals surface area contributed by atoms with Crippen LogP contribution in [0.3, 0.4) is 0 Å². The molecule has 0 aromatic heterocycles. The molecular weight excluding hydrogens is 548 g/mol. The van der Waals surface area contributed by atoms with E-state index in [1.165, 1.54) is 0 Å². The van der Waals surface area contributed by atoms with Gasteiger partial charge in [0.05, 0.1) is 58.0 Å². The normalized spacial score (nSPS) is 17.0. The fraction of sp³-hybridized carbons (Fsp3) is 0.714. The Kier molecular flexibility index (Phi) is 22.3. The summed E-state index contributed by atoms with van der Waals surface area (Å²) in [6.45, 7) is 15.5. The van der Waals surface area contributed by atoms with Crippen LogP contribution >= 0.6 is 0 Å². The Bertz CT molecular complexity index is 775. The molecule has 2 fully saturated rings. The minimum Gasteiger partial charge on any atom is -0.390 e. The highest BCUT2D eigenvalue weighted by Crippen LogP contribution is 1.97. The molecule has 2 rings (SSSR count). The summed E-state index contributed by atoms with van der Waals surface area (Å²) in [5, 5.41) is 40.6. The van der Waals surface area contributed by atoms with E-state index in [0.717, 1.165) is 19.6 Å². The van der Waals surface area contributed by atoms with Gasteiger partial charge >= 0.3 is 12.1 Å². The van der Waals surface area contributed by atoms with Crippen LogP contribution in [0.1, 0.15) is 6.42 Å². The zero-order chi connectivity index (χ0) is 30.8. The van der Waals surface area contributed by atoms with E-state index in [4.69, 9.17) is 14.2 Å². The van der Waals surface area contributed by atoms with E-state index in [1.807, 2.05) is 12.2 Å². The van der Waals surface area contributed by atoms with Crippen LogP contribution < -0.4 is 21.3 Å². The van der Waals surface area contributed by atoms with Crippen molar-refractivity contribution in [3.63, 3.8) is 0 Å². The number of aliphatic hydroxyl groups is 3. The predicted molar refractivity (Wildman–Crippen MR) is 160 cm³/mol. The Morgan fingerprint density at radius 2 is 1.19 bits per heavy atom. The van der Waals surface area contributed by atoms with Gasteiger partial charge in [-0.15, -0.1) is 13.2 Å². The highest BCUT2D eigenvalue weighted by molar-refractivity contribution is 5.76. The average molecular weight is 601 g/mol. The minimum absolute atomic E-state index is 0.0123. The number of amides is 4. The van der Waals surface area contributed by atoms with Crippen LogP contribution in [0.25, 0.3) is 0 Å². The Balaban J connectivity index is 0.000000452. The third kappa shape index (κ3) is 19.5. The lowest BCUT2D eigenvalue weighted by Crippen LogP contribution is -2.38. The molecule has 42 heavy (non-hydrogen) atoms. The van der Waals surface area contributed by atoms with E-state index >= 15 is 0 Å². The molecule has 0 radical (unpaired) electrons. The molecule has 2 aliphatic rings. The largest absolute Gasteiger partial charge is 0.390 e. The van der Waals surface area contributed by atoms with E-state index in [1.54, 1.807) is 22.0 Å². The number of nitrogens with zero attached hydrogens (tertiary/aromatic N) is 2. The molecule has 0 aliphatic carbocycles. The van der Waals surface area contributed by atoms with Crippen LogP contribution in [0.5, 0.6) is 0 Å². The number of carbonyl (C=O) groups is 2. The second kappa shape index (κ2) is 25.0. The van der Waals surface area contributed by atoms with Crippen molar-refractivity contribution in [1.29, 1.82) is 0 Å². The molecule has 4 amide bonds. The lowest BCUT2D eigenvalue weighted by atomic mass is 10.2. The number of hydrogen-bond acceptors (Lipinski definition) is 10.